The molecule has 2 atom stereocenters. The topological polar surface area (TPSA) is 45.2 Å². The Hall–Kier alpha value is -1.88. The Labute approximate surface area is 134 Å². The number of nitrogens with zero attached hydrogens (tertiary/aromatic N) is 2. The van der Waals surface area contributed by atoms with Crippen molar-refractivity contribution < 1.29 is 4.79 Å². The normalized spacial score (nSPS) is 21.5. The van der Waals surface area contributed by atoms with Crippen molar-refractivity contribution in [1.82, 2.24) is 10.3 Å². The summed E-state index contributed by atoms with van der Waals surface area (Å²) >= 11 is 1.63. The van der Waals surface area contributed by atoms with Crippen LogP contribution in [0, 0.1) is 5.92 Å². The van der Waals surface area contributed by atoms with Crippen molar-refractivity contribution in [2.75, 3.05) is 4.90 Å². The number of urea groups is 1. The number of aromatic nitrogens is 1. The lowest BCUT2D eigenvalue weighted by molar-refractivity contribution is 0.240. The molecule has 1 aromatic carbocycles. The standard InChI is InChI=1S/C17H19N3OS/c1-11-10-13-4-2-3-5-14(13)20(11)17(21)19-15(12-6-7-12)16-18-8-9-22-16/h2-5,8-9,11-12,15H,6-7,10H2,1H3,(H,19,21). The van der Waals surface area contributed by atoms with Crippen LogP contribution in [0.1, 0.15) is 36.4 Å². The minimum atomic E-state index is 0.00421. The fraction of sp³-hybridized carbons (Fsp3) is 0.412. The second-order valence-electron chi connectivity index (χ2n) is 6.19. The molecule has 114 valence electrons. The molecule has 5 heteroatoms. The maximum atomic E-state index is 12.8. The average Bonchev–Trinajstić information content (AvgIpc) is 3.08. The van der Waals surface area contributed by atoms with Crippen LogP contribution in [-0.4, -0.2) is 17.1 Å². The third-order valence-electron chi connectivity index (χ3n) is 4.52. The lowest BCUT2D eigenvalue weighted by Gasteiger charge is -2.26. The van der Waals surface area contributed by atoms with Crippen LogP contribution in [-0.2, 0) is 6.42 Å². The fourth-order valence-corrected chi connectivity index (χ4v) is 4.06. The van der Waals surface area contributed by atoms with E-state index in [1.807, 2.05) is 34.7 Å². The second-order valence-corrected chi connectivity index (χ2v) is 7.11. The van der Waals surface area contributed by atoms with Crippen LogP contribution in [0.2, 0.25) is 0 Å². The zero-order chi connectivity index (χ0) is 15.1. The van der Waals surface area contributed by atoms with Gasteiger partial charge in [-0.25, -0.2) is 9.78 Å². The first-order valence-corrected chi connectivity index (χ1v) is 8.69. The van der Waals surface area contributed by atoms with Crippen molar-refractivity contribution in [3.05, 3.63) is 46.4 Å². The van der Waals surface area contributed by atoms with E-state index in [2.05, 4.69) is 23.3 Å². The lowest BCUT2D eigenvalue weighted by atomic mass is 10.1. The van der Waals surface area contributed by atoms with Crippen molar-refractivity contribution in [1.29, 1.82) is 0 Å². The number of rotatable bonds is 3. The highest BCUT2D eigenvalue weighted by Gasteiger charge is 2.38. The van der Waals surface area contributed by atoms with E-state index in [0.29, 0.717) is 5.92 Å². The highest BCUT2D eigenvalue weighted by molar-refractivity contribution is 7.09. The van der Waals surface area contributed by atoms with Gasteiger partial charge in [0.05, 0.1) is 6.04 Å². The number of anilines is 1. The molecule has 1 N–H and O–H groups in total. The Morgan fingerprint density at radius 1 is 1.41 bits per heavy atom. The number of fused-ring (bicyclic) bond motifs is 1. The lowest BCUT2D eigenvalue weighted by Crippen LogP contribution is -2.45. The minimum absolute atomic E-state index is 0.00421. The Kier molecular flexibility index (Phi) is 3.37. The molecule has 2 unspecified atom stereocenters. The highest BCUT2D eigenvalue weighted by atomic mass is 32.1. The summed E-state index contributed by atoms with van der Waals surface area (Å²) in [6.07, 6.45) is 5.09. The molecule has 1 aromatic heterocycles. The number of carbonyl (C=O) groups excluding carboxylic acids is 1. The fourth-order valence-electron chi connectivity index (χ4n) is 3.28. The van der Waals surface area contributed by atoms with Gasteiger partial charge in [0.1, 0.15) is 5.01 Å². The predicted octanol–water partition coefficient (Wildman–Crippen LogP) is 3.76. The number of para-hydroxylation sites is 1. The average molecular weight is 313 g/mol. The number of carbonyl (C=O) groups is 1. The number of thiazole rings is 1. The molecule has 2 aliphatic rings. The molecule has 1 aliphatic carbocycles. The SMILES string of the molecule is CC1Cc2ccccc2N1C(=O)NC(c1nccs1)C1CC1. The van der Waals surface area contributed by atoms with Gasteiger partial charge in [0, 0.05) is 23.3 Å². The number of benzene rings is 1. The molecule has 1 saturated carbocycles. The van der Waals surface area contributed by atoms with Gasteiger partial charge in [0.25, 0.3) is 0 Å². The maximum Gasteiger partial charge on any atom is 0.322 e. The molecule has 4 nitrogen and oxygen atoms in total. The zero-order valence-electron chi connectivity index (χ0n) is 12.5. The van der Waals surface area contributed by atoms with Crippen LogP contribution in [0.4, 0.5) is 10.5 Å². The summed E-state index contributed by atoms with van der Waals surface area (Å²) in [6, 6.07) is 8.45. The van der Waals surface area contributed by atoms with Gasteiger partial charge in [-0.05, 0) is 43.7 Å². The van der Waals surface area contributed by atoms with E-state index in [9.17, 15) is 4.79 Å². The highest BCUT2D eigenvalue weighted by Crippen LogP contribution is 2.42. The van der Waals surface area contributed by atoms with E-state index < -0.39 is 0 Å². The van der Waals surface area contributed by atoms with Crippen LogP contribution in [0.25, 0.3) is 0 Å². The monoisotopic (exact) mass is 313 g/mol. The zero-order valence-corrected chi connectivity index (χ0v) is 13.3. The van der Waals surface area contributed by atoms with Crippen molar-refractivity contribution in [3.8, 4) is 0 Å². The van der Waals surface area contributed by atoms with E-state index in [-0.39, 0.29) is 18.1 Å². The third kappa shape index (κ3) is 2.39. The van der Waals surface area contributed by atoms with Crippen LogP contribution >= 0.6 is 11.3 Å². The predicted molar refractivity (Wildman–Crippen MR) is 88.2 cm³/mol. The molecule has 1 aliphatic heterocycles. The van der Waals surface area contributed by atoms with Gasteiger partial charge in [0.2, 0.25) is 0 Å². The minimum Gasteiger partial charge on any atom is -0.328 e. The van der Waals surface area contributed by atoms with E-state index in [4.69, 9.17) is 0 Å². The van der Waals surface area contributed by atoms with Crippen molar-refractivity contribution in [3.63, 3.8) is 0 Å². The first-order valence-electron chi connectivity index (χ1n) is 7.81. The van der Waals surface area contributed by atoms with Gasteiger partial charge in [0.15, 0.2) is 0 Å². The summed E-state index contributed by atoms with van der Waals surface area (Å²) in [4.78, 5) is 19.2. The Bertz CT molecular complexity index is 681. The summed E-state index contributed by atoms with van der Waals surface area (Å²) in [7, 11) is 0. The van der Waals surface area contributed by atoms with Gasteiger partial charge in [-0.1, -0.05) is 18.2 Å². The summed E-state index contributed by atoms with van der Waals surface area (Å²) in [5.74, 6) is 0.545. The van der Waals surface area contributed by atoms with Crippen molar-refractivity contribution in [2.45, 2.75) is 38.3 Å². The summed E-state index contributed by atoms with van der Waals surface area (Å²) < 4.78 is 0. The maximum absolute atomic E-state index is 12.8. The number of hydrogen-bond donors (Lipinski definition) is 1. The molecule has 0 saturated heterocycles. The molecule has 0 spiro atoms. The smallest absolute Gasteiger partial charge is 0.322 e. The quantitative estimate of drug-likeness (QED) is 0.938. The second kappa shape index (κ2) is 5.39. The van der Waals surface area contributed by atoms with Crippen molar-refractivity contribution in [2.24, 2.45) is 5.92 Å². The Morgan fingerprint density at radius 2 is 2.23 bits per heavy atom. The Balaban J connectivity index is 1.57. The van der Waals surface area contributed by atoms with E-state index >= 15 is 0 Å². The molecule has 2 amide bonds. The van der Waals surface area contributed by atoms with E-state index in [0.717, 1.165) is 17.1 Å². The van der Waals surface area contributed by atoms with Gasteiger partial charge in [-0.3, -0.25) is 4.90 Å². The van der Waals surface area contributed by atoms with E-state index in [1.54, 1.807) is 11.3 Å². The molecule has 0 bridgehead atoms. The molecule has 4 rings (SSSR count). The van der Waals surface area contributed by atoms with E-state index in [1.165, 1.54) is 18.4 Å². The van der Waals surface area contributed by atoms with Gasteiger partial charge in [-0.15, -0.1) is 11.3 Å². The van der Waals surface area contributed by atoms with Gasteiger partial charge in [-0.2, -0.15) is 0 Å². The summed E-state index contributed by atoms with van der Waals surface area (Å²) in [5, 5.41) is 6.23. The van der Waals surface area contributed by atoms with Gasteiger partial charge < -0.3 is 5.32 Å². The number of hydrogen-bond acceptors (Lipinski definition) is 3. The Morgan fingerprint density at radius 3 is 2.95 bits per heavy atom. The first kappa shape index (κ1) is 13.8. The third-order valence-corrected chi connectivity index (χ3v) is 5.37. The molecule has 2 heterocycles. The van der Waals surface area contributed by atoms with Crippen molar-refractivity contribution >= 4 is 23.1 Å². The largest absolute Gasteiger partial charge is 0.328 e. The molecular formula is C17H19N3OS. The number of amides is 2. The molecule has 1 fully saturated rings. The molecule has 0 radical (unpaired) electrons. The number of nitrogens with one attached hydrogen (secondary N) is 1. The first-order chi connectivity index (χ1) is 10.7. The van der Waals surface area contributed by atoms with Crippen LogP contribution in [0.5, 0.6) is 0 Å². The molecule has 22 heavy (non-hydrogen) atoms. The molecule has 2 aromatic rings. The van der Waals surface area contributed by atoms with Gasteiger partial charge >= 0.3 is 6.03 Å². The molecular weight excluding hydrogens is 294 g/mol. The van der Waals surface area contributed by atoms with Crippen LogP contribution in [0.15, 0.2) is 35.8 Å². The summed E-state index contributed by atoms with van der Waals surface area (Å²) in [6.45, 7) is 2.11. The van der Waals surface area contributed by atoms with Crippen LogP contribution in [0.3, 0.4) is 0 Å². The summed E-state index contributed by atoms with van der Waals surface area (Å²) in [5.41, 5.74) is 2.29. The van der Waals surface area contributed by atoms with Crippen LogP contribution < -0.4 is 10.2 Å².